The molecule has 0 bridgehead atoms. The molecule has 0 spiro atoms. The van der Waals surface area contributed by atoms with Crippen LogP contribution >= 0.6 is 0 Å². The van der Waals surface area contributed by atoms with E-state index in [-0.39, 0.29) is 11.7 Å². The summed E-state index contributed by atoms with van der Waals surface area (Å²) < 4.78 is 5.27. The first kappa shape index (κ1) is 15.1. The zero-order chi connectivity index (χ0) is 16.8. The topological polar surface area (TPSA) is 66.8 Å². The summed E-state index contributed by atoms with van der Waals surface area (Å²) >= 11 is 0. The van der Waals surface area contributed by atoms with E-state index in [0.717, 1.165) is 5.56 Å². The van der Waals surface area contributed by atoms with Gasteiger partial charge in [0.05, 0.1) is 23.8 Å². The number of carbonyl (C=O) groups excluding carboxylic acids is 2. The van der Waals surface area contributed by atoms with Crippen LogP contribution in [0.2, 0.25) is 0 Å². The fourth-order valence-electron chi connectivity index (χ4n) is 3.76. The van der Waals surface area contributed by atoms with Crippen LogP contribution in [-0.2, 0) is 9.53 Å². The first-order chi connectivity index (χ1) is 11.6. The number of carbonyl (C=O) groups is 2. The molecule has 0 unspecified atom stereocenters. The van der Waals surface area contributed by atoms with Gasteiger partial charge in [-0.25, -0.2) is 0 Å². The Labute approximate surface area is 139 Å². The number of ether oxygens (including phenoxy) is 1. The maximum Gasteiger partial charge on any atom is 0.258 e. The molecule has 0 aromatic heterocycles. The number of aliphatic hydroxyl groups is 1. The Bertz CT molecular complexity index is 804. The number of ketones is 1. The van der Waals surface area contributed by atoms with Gasteiger partial charge in [0.15, 0.2) is 11.9 Å². The predicted octanol–water partition coefficient (Wildman–Crippen LogP) is 1.76. The molecule has 1 fully saturated rings. The number of aliphatic hydroxyl groups excluding tert-OH is 1. The normalized spacial score (nSPS) is 28.7. The molecule has 0 radical (unpaired) electrons. The number of fused-ring (bicyclic) bond motifs is 3. The Hall–Kier alpha value is -2.50. The lowest BCUT2D eigenvalue weighted by molar-refractivity contribution is -0.144. The number of Topliss-reactive ketones (excluding diaryl/α,β-unsaturated/α-hetero) is 1. The molecule has 0 aliphatic carbocycles. The summed E-state index contributed by atoms with van der Waals surface area (Å²) in [6.07, 6.45) is -1.76. The van der Waals surface area contributed by atoms with Crippen LogP contribution in [-0.4, -0.2) is 42.2 Å². The van der Waals surface area contributed by atoms with Crippen LogP contribution in [0, 0.1) is 0 Å². The van der Waals surface area contributed by atoms with Crippen LogP contribution in [0.25, 0.3) is 0 Å². The van der Waals surface area contributed by atoms with Gasteiger partial charge < -0.3 is 14.7 Å². The van der Waals surface area contributed by atoms with Crippen LogP contribution in [0.15, 0.2) is 54.6 Å². The number of rotatable bonds is 2. The van der Waals surface area contributed by atoms with E-state index in [2.05, 4.69) is 0 Å². The third kappa shape index (κ3) is 1.95. The van der Waals surface area contributed by atoms with E-state index < -0.39 is 24.2 Å². The monoisotopic (exact) mass is 323 g/mol. The molecule has 5 heteroatoms. The maximum atomic E-state index is 13.1. The van der Waals surface area contributed by atoms with Crippen LogP contribution in [0.4, 0.5) is 5.69 Å². The summed E-state index contributed by atoms with van der Waals surface area (Å²) in [7, 11) is 1.45. The number of benzene rings is 2. The lowest BCUT2D eigenvalue weighted by Gasteiger charge is -2.48. The molecule has 122 valence electrons. The number of hydrogen-bond donors (Lipinski definition) is 1. The molecule has 2 aliphatic heterocycles. The molecule has 1 N–H and O–H groups in total. The molecule has 24 heavy (non-hydrogen) atoms. The first-order valence-electron chi connectivity index (χ1n) is 7.87. The zero-order valence-electron chi connectivity index (χ0n) is 13.1. The minimum absolute atomic E-state index is 0.179. The number of amides is 1. The average molecular weight is 323 g/mol. The van der Waals surface area contributed by atoms with Crippen molar-refractivity contribution >= 4 is 17.4 Å². The minimum atomic E-state index is -1.03. The van der Waals surface area contributed by atoms with E-state index in [1.165, 1.54) is 12.0 Å². The van der Waals surface area contributed by atoms with Crippen LogP contribution in [0.1, 0.15) is 21.8 Å². The molecule has 4 rings (SSSR count). The molecular weight excluding hydrogens is 306 g/mol. The molecule has 0 saturated carbocycles. The van der Waals surface area contributed by atoms with E-state index >= 15 is 0 Å². The molecule has 1 saturated heterocycles. The van der Waals surface area contributed by atoms with Crippen LogP contribution in [0.3, 0.4) is 0 Å². The second kappa shape index (κ2) is 5.54. The highest BCUT2D eigenvalue weighted by Gasteiger charge is 2.57. The summed E-state index contributed by atoms with van der Waals surface area (Å²) in [5.74, 6) is -1.13. The SMILES string of the molecule is CO[C@@H]1C(=O)N2c3ccccc3C(=O)[C@@H](c3ccccc3)[C@H](O)[C@@H]12. The van der Waals surface area contributed by atoms with Crippen molar-refractivity contribution in [3.05, 3.63) is 65.7 Å². The Morgan fingerprint density at radius 1 is 1.00 bits per heavy atom. The van der Waals surface area contributed by atoms with Crippen molar-refractivity contribution < 1.29 is 19.4 Å². The zero-order valence-corrected chi connectivity index (χ0v) is 13.1. The average Bonchev–Trinajstić information content (AvgIpc) is 2.68. The van der Waals surface area contributed by atoms with Gasteiger partial charge in [0, 0.05) is 12.7 Å². The number of β-lactam (4-membered cyclic amide) rings is 1. The van der Waals surface area contributed by atoms with Crippen molar-refractivity contribution in [2.75, 3.05) is 12.0 Å². The van der Waals surface area contributed by atoms with E-state index in [1.54, 1.807) is 24.3 Å². The number of methoxy groups -OCH3 is 1. The van der Waals surface area contributed by atoms with Gasteiger partial charge in [0.25, 0.3) is 5.91 Å². The number of anilines is 1. The summed E-state index contributed by atoms with van der Waals surface area (Å²) in [5, 5.41) is 11.0. The Balaban J connectivity index is 1.89. The largest absolute Gasteiger partial charge is 0.390 e. The van der Waals surface area contributed by atoms with E-state index in [4.69, 9.17) is 4.74 Å². The summed E-state index contributed by atoms with van der Waals surface area (Å²) in [6.45, 7) is 0. The van der Waals surface area contributed by atoms with Crippen molar-refractivity contribution in [2.24, 2.45) is 0 Å². The Kier molecular flexibility index (Phi) is 3.48. The highest BCUT2D eigenvalue weighted by Crippen LogP contribution is 2.43. The number of nitrogens with zero attached hydrogens (tertiary/aromatic N) is 1. The molecule has 5 nitrogen and oxygen atoms in total. The second-order valence-corrected chi connectivity index (χ2v) is 6.12. The molecule has 2 aromatic rings. The van der Waals surface area contributed by atoms with Gasteiger partial charge in [-0.2, -0.15) is 0 Å². The molecule has 1 amide bonds. The summed E-state index contributed by atoms with van der Waals surface area (Å²) in [5.41, 5.74) is 1.74. The lowest BCUT2D eigenvalue weighted by Crippen LogP contribution is -2.70. The third-order valence-electron chi connectivity index (χ3n) is 4.90. The number of hydrogen-bond acceptors (Lipinski definition) is 4. The van der Waals surface area contributed by atoms with Crippen molar-refractivity contribution in [1.29, 1.82) is 0 Å². The predicted molar refractivity (Wildman–Crippen MR) is 88.0 cm³/mol. The first-order valence-corrected chi connectivity index (χ1v) is 7.87. The van der Waals surface area contributed by atoms with Crippen molar-refractivity contribution in [2.45, 2.75) is 24.2 Å². The molecule has 2 aromatic carbocycles. The number of para-hydroxylation sites is 1. The summed E-state index contributed by atoms with van der Waals surface area (Å²) in [4.78, 5) is 27.0. The molecule has 2 aliphatic rings. The fraction of sp³-hybridized carbons (Fsp3) is 0.263. The second-order valence-electron chi connectivity index (χ2n) is 6.12. The standard InChI is InChI=1S/C19H17NO4/c1-24-18-15-17(22)14(11-7-3-2-4-8-11)16(21)12-9-5-6-10-13(12)20(15)19(18)23/h2-10,14-15,17-18,22H,1H3/t14-,15+,17+,18+/m1/s1. The quantitative estimate of drug-likeness (QED) is 0.855. The summed E-state index contributed by atoms with van der Waals surface area (Å²) in [6, 6.07) is 15.6. The van der Waals surface area contributed by atoms with E-state index in [9.17, 15) is 14.7 Å². The van der Waals surface area contributed by atoms with E-state index in [1.807, 2.05) is 30.3 Å². The van der Waals surface area contributed by atoms with Crippen molar-refractivity contribution in [1.82, 2.24) is 0 Å². The highest BCUT2D eigenvalue weighted by atomic mass is 16.5. The van der Waals surface area contributed by atoms with E-state index in [0.29, 0.717) is 11.3 Å². The van der Waals surface area contributed by atoms with Gasteiger partial charge >= 0.3 is 0 Å². The van der Waals surface area contributed by atoms with Gasteiger partial charge in [-0.05, 0) is 17.7 Å². The fourth-order valence-corrected chi connectivity index (χ4v) is 3.76. The lowest BCUT2D eigenvalue weighted by atomic mass is 9.81. The van der Waals surface area contributed by atoms with Gasteiger partial charge in [-0.1, -0.05) is 42.5 Å². The van der Waals surface area contributed by atoms with Crippen molar-refractivity contribution in [3.8, 4) is 0 Å². The Morgan fingerprint density at radius 3 is 2.38 bits per heavy atom. The van der Waals surface area contributed by atoms with Gasteiger partial charge in [0.2, 0.25) is 0 Å². The minimum Gasteiger partial charge on any atom is -0.390 e. The molecule has 2 heterocycles. The third-order valence-corrected chi connectivity index (χ3v) is 4.90. The molecular formula is C19H17NO4. The van der Waals surface area contributed by atoms with Crippen LogP contribution < -0.4 is 4.90 Å². The molecule has 4 atom stereocenters. The van der Waals surface area contributed by atoms with Gasteiger partial charge in [-0.3, -0.25) is 9.59 Å². The van der Waals surface area contributed by atoms with Gasteiger partial charge in [0.1, 0.15) is 0 Å². The van der Waals surface area contributed by atoms with Gasteiger partial charge in [-0.15, -0.1) is 0 Å². The smallest absolute Gasteiger partial charge is 0.258 e. The van der Waals surface area contributed by atoms with Crippen LogP contribution in [0.5, 0.6) is 0 Å². The van der Waals surface area contributed by atoms with Crippen molar-refractivity contribution in [3.63, 3.8) is 0 Å². The highest BCUT2D eigenvalue weighted by molar-refractivity contribution is 6.14. The maximum absolute atomic E-state index is 13.1. The Morgan fingerprint density at radius 2 is 1.67 bits per heavy atom.